The number of aromatic nitrogens is 1. The molecule has 13 amide bonds. The monoisotopic (exact) mass is 1390 g/mol. The Kier molecular flexibility index (Phi) is 33.1. The molecule has 0 aliphatic carbocycles. The zero-order valence-corrected chi connectivity index (χ0v) is 53.9. The van der Waals surface area contributed by atoms with E-state index in [1.165, 1.54) is 20.9 Å². The first kappa shape index (κ1) is 81.3. The van der Waals surface area contributed by atoms with Crippen LogP contribution >= 0.6 is 0 Å². The number of ether oxygens (including phenoxy) is 1. The average Bonchev–Trinajstić information content (AvgIpc) is 1.63. The van der Waals surface area contributed by atoms with Crippen molar-refractivity contribution in [2.45, 2.75) is 164 Å². The fourth-order valence-corrected chi connectivity index (χ4v) is 9.45. The molecule has 13 atom stereocenters. The summed E-state index contributed by atoms with van der Waals surface area (Å²) in [4.78, 5) is 243. The molecular formula is C58H84N16O24. The number of primary amides is 1. The van der Waals surface area contributed by atoms with Crippen molar-refractivity contribution < 1.29 is 117 Å². The number of para-hydroxylation sites is 1. The number of carboxylic acid groups (broad SMARTS) is 4. The molecule has 1 aliphatic heterocycles. The van der Waals surface area contributed by atoms with Crippen LogP contribution in [0.3, 0.4) is 0 Å². The first-order valence-corrected chi connectivity index (χ1v) is 30.6. The zero-order valence-electron chi connectivity index (χ0n) is 53.9. The lowest BCUT2D eigenvalue weighted by atomic mass is 9.98. The number of esters is 1. The molecule has 540 valence electrons. The number of aliphatic carboxylic acids is 4. The predicted octanol–water partition coefficient (Wildman–Crippen LogP) is -8.71. The van der Waals surface area contributed by atoms with Crippen molar-refractivity contribution in [3.8, 4) is 0 Å². The molecule has 3 rings (SSSR count). The van der Waals surface area contributed by atoms with Gasteiger partial charge in [0, 0.05) is 23.5 Å². The molecule has 2 heterocycles. The van der Waals surface area contributed by atoms with Crippen molar-refractivity contribution >= 4 is 118 Å². The Bertz CT molecular complexity index is 3290. The number of likely N-dealkylation sites (N-methyl/N-ethyl adjacent to an activating group) is 1. The summed E-state index contributed by atoms with van der Waals surface area (Å²) in [6.07, 6.45) is -6.80. The highest BCUT2D eigenvalue weighted by molar-refractivity contribution is 6.01. The molecule has 23 N–H and O–H groups in total. The van der Waals surface area contributed by atoms with Crippen LogP contribution in [0.15, 0.2) is 30.5 Å². The predicted molar refractivity (Wildman–Crippen MR) is 334 cm³/mol. The second kappa shape index (κ2) is 39.8. The van der Waals surface area contributed by atoms with Crippen LogP contribution < -0.4 is 80.6 Å². The number of carboxylic acids is 4. The van der Waals surface area contributed by atoms with Crippen LogP contribution in [-0.4, -0.2) is 243 Å². The number of H-pyrrole nitrogens is 1. The zero-order chi connectivity index (χ0) is 73.7. The number of aliphatic hydroxyl groups excluding tert-OH is 1. The number of cyclic esters (lactones) is 1. The SMILES string of the molecule is CCC(C)C1NC(=O)C(CCC(=O)O)NC(=O)C(CO)NC(=O)CNC(=O)C(CC(=O)O)NC(=O)C(C)NC(=O)C(CC(=O)O)NC(=O)C(CCCN)NC(=O)CNC(=O)C(NC(=O)C(CC(=O)O)NC(=O)C(CC(N)=O)NC(=O)C(Cc2c[nH]c3ccccc23)NC)C(C)OC1=O. The molecule has 1 aliphatic rings. The maximum Gasteiger partial charge on any atom is 0.329 e. The van der Waals surface area contributed by atoms with E-state index >= 15 is 0 Å². The smallest absolute Gasteiger partial charge is 0.329 e. The van der Waals surface area contributed by atoms with Crippen LogP contribution in [0.25, 0.3) is 10.9 Å². The van der Waals surface area contributed by atoms with E-state index in [9.17, 15) is 112 Å². The van der Waals surface area contributed by atoms with Gasteiger partial charge in [-0.3, -0.25) is 81.5 Å². The van der Waals surface area contributed by atoms with Crippen molar-refractivity contribution in [1.82, 2.24) is 74.1 Å². The molecule has 40 heteroatoms. The van der Waals surface area contributed by atoms with E-state index < -0.39 is 243 Å². The van der Waals surface area contributed by atoms with Gasteiger partial charge >= 0.3 is 29.8 Å². The Balaban J connectivity index is 2.17. The Labute approximate surface area is 557 Å². The summed E-state index contributed by atoms with van der Waals surface area (Å²) in [6.45, 7) is 1.28. The molecule has 0 bridgehead atoms. The van der Waals surface area contributed by atoms with Gasteiger partial charge in [-0.05, 0) is 70.7 Å². The number of rotatable bonds is 26. The summed E-state index contributed by atoms with van der Waals surface area (Å²) in [5, 5.41) is 78.3. The van der Waals surface area contributed by atoms with E-state index in [0.29, 0.717) is 5.56 Å². The molecule has 1 aromatic heterocycles. The van der Waals surface area contributed by atoms with E-state index in [0.717, 1.165) is 24.8 Å². The fourth-order valence-electron chi connectivity index (χ4n) is 9.45. The lowest BCUT2D eigenvalue weighted by molar-refractivity contribution is -0.157. The maximum absolute atomic E-state index is 14.4. The fraction of sp³-hybridized carbons (Fsp3) is 0.552. The molecule has 1 fully saturated rings. The Morgan fingerprint density at radius 3 is 1.69 bits per heavy atom. The minimum Gasteiger partial charge on any atom is -0.481 e. The van der Waals surface area contributed by atoms with Gasteiger partial charge in [0.15, 0.2) is 0 Å². The summed E-state index contributed by atoms with van der Waals surface area (Å²) in [6, 6.07) is -13.6. The maximum atomic E-state index is 14.4. The first-order chi connectivity index (χ1) is 46.1. The highest BCUT2D eigenvalue weighted by Crippen LogP contribution is 2.20. The minimum absolute atomic E-state index is 0.0213. The van der Waals surface area contributed by atoms with Gasteiger partial charge in [0.25, 0.3) is 0 Å². The Morgan fingerprint density at radius 2 is 1.13 bits per heavy atom. The van der Waals surface area contributed by atoms with Gasteiger partial charge in [0.1, 0.15) is 66.5 Å². The highest BCUT2D eigenvalue weighted by Gasteiger charge is 2.40. The number of benzene rings is 1. The third kappa shape index (κ3) is 26.7. The summed E-state index contributed by atoms with van der Waals surface area (Å²) >= 11 is 0. The molecule has 0 saturated carbocycles. The summed E-state index contributed by atoms with van der Waals surface area (Å²) in [5.41, 5.74) is 12.5. The summed E-state index contributed by atoms with van der Waals surface area (Å²) in [7, 11) is 1.42. The van der Waals surface area contributed by atoms with E-state index in [4.69, 9.17) is 16.2 Å². The molecule has 98 heavy (non-hydrogen) atoms. The molecule has 0 spiro atoms. The van der Waals surface area contributed by atoms with Gasteiger partial charge in [0.05, 0.1) is 51.4 Å². The largest absolute Gasteiger partial charge is 0.481 e. The van der Waals surface area contributed by atoms with E-state index in [1.54, 1.807) is 30.5 Å². The molecule has 2 aromatic rings. The van der Waals surface area contributed by atoms with Gasteiger partial charge in [-0.1, -0.05) is 38.5 Å². The van der Waals surface area contributed by atoms with Gasteiger partial charge in [-0.25, -0.2) is 4.79 Å². The number of nitrogens with two attached hydrogens (primary N) is 2. The molecule has 0 radical (unpaired) electrons. The molecule has 1 saturated heterocycles. The van der Waals surface area contributed by atoms with Crippen LogP contribution in [0.2, 0.25) is 0 Å². The molecule has 1 aromatic carbocycles. The number of aliphatic hydroxyl groups is 1. The van der Waals surface area contributed by atoms with Crippen molar-refractivity contribution in [3.63, 3.8) is 0 Å². The Morgan fingerprint density at radius 1 is 0.612 bits per heavy atom. The molecule has 13 unspecified atom stereocenters. The molecular weight excluding hydrogens is 1300 g/mol. The van der Waals surface area contributed by atoms with E-state index in [2.05, 4.69) is 58.2 Å². The number of aromatic amines is 1. The van der Waals surface area contributed by atoms with Crippen molar-refractivity contribution in [2.24, 2.45) is 17.4 Å². The van der Waals surface area contributed by atoms with Gasteiger partial charge in [0.2, 0.25) is 76.8 Å². The third-order valence-electron chi connectivity index (χ3n) is 15.0. The minimum atomic E-state index is -2.27. The van der Waals surface area contributed by atoms with Crippen molar-refractivity contribution in [1.29, 1.82) is 0 Å². The normalized spacial score (nSPS) is 22.9. The number of nitrogens with one attached hydrogen (secondary N) is 14. The number of carbonyl (C=O) groups is 18. The summed E-state index contributed by atoms with van der Waals surface area (Å²) in [5.74, 6) is -25.8. The van der Waals surface area contributed by atoms with Crippen LogP contribution in [0.1, 0.15) is 91.0 Å². The van der Waals surface area contributed by atoms with Crippen LogP contribution in [0.4, 0.5) is 0 Å². The molecule has 40 nitrogen and oxygen atoms in total. The number of amides is 13. The average molecular weight is 1390 g/mol. The van der Waals surface area contributed by atoms with Gasteiger partial charge < -0.3 is 116 Å². The van der Waals surface area contributed by atoms with Crippen LogP contribution in [0.5, 0.6) is 0 Å². The van der Waals surface area contributed by atoms with E-state index in [-0.39, 0.29) is 32.2 Å². The Hall–Kier alpha value is -10.9. The topological polar surface area (TPSA) is 642 Å². The highest BCUT2D eigenvalue weighted by atomic mass is 16.5. The van der Waals surface area contributed by atoms with Gasteiger partial charge in [-0.15, -0.1) is 0 Å². The second-order valence-electron chi connectivity index (χ2n) is 22.6. The number of hydrogen-bond donors (Lipinski definition) is 21. The third-order valence-corrected chi connectivity index (χ3v) is 15.0. The second-order valence-corrected chi connectivity index (χ2v) is 22.6. The number of carbonyl (C=O) groups excluding carboxylic acids is 14. The van der Waals surface area contributed by atoms with Crippen LogP contribution in [-0.2, 0) is 97.5 Å². The van der Waals surface area contributed by atoms with Crippen molar-refractivity contribution in [3.05, 3.63) is 36.0 Å². The quantitative estimate of drug-likeness (QED) is 0.0389. The lowest BCUT2D eigenvalue weighted by Crippen LogP contribution is -2.61. The van der Waals surface area contributed by atoms with Crippen LogP contribution in [0, 0.1) is 5.92 Å². The number of fused-ring (bicyclic) bond motifs is 1. The van der Waals surface area contributed by atoms with E-state index in [1.807, 2.05) is 16.0 Å². The standard InChI is InChI=1S/C58H84N16O24/c1-6-25(2)46-58(97)98-27(4)47(74-55(94)37(20-45(85)86)72-54(93)34(17-39(60)76)70-52(91)33(61-5)16-28-21-62-30-11-8-7-10-29(28)30)57(96)64-23-40(77)66-31(12-9-15-59)50(89)71-36(19-44(83)84)53(92)65-26(3)48(87)69-35(18-43(81)82)49(88)63-22-41(78)67-38(24-75)56(95)68-32(51(90)73-46)13-14-42(79)80/h7-8,10-11,21,25-27,31-38,46-47,61-62,75H,6,9,12-20,22-24,59H2,1-5H3,(H2,60,76)(H,63,88)(H,64,96)(H,65,92)(H,66,77)(H,67,78)(H,68,95)(H,69,87)(H,70,91)(H,71,89)(H,72,93)(H,73,90)(H,74,94)(H,79,80)(H,81,82)(H,83,84)(H,85,86). The number of hydrogen-bond acceptors (Lipinski definition) is 22. The van der Waals surface area contributed by atoms with Crippen molar-refractivity contribution in [2.75, 3.05) is 33.3 Å². The lowest BCUT2D eigenvalue weighted by Gasteiger charge is -2.30. The summed E-state index contributed by atoms with van der Waals surface area (Å²) < 4.78 is 5.66. The van der Waals surface area contributed by atoms with Gasteiger partial charge in [-0.2, -0.15) is 0 Å². The first-order valence-electron chi connectivity index (χ1n) is 30.6.